The van der Waals surface area contributed by atoms with Crippen LogP contribution in [0.15, 0.2) is 18.2 Å². The number of rotatable bonds is 2. The summed E-state index contributed by atoms with van der Waals surface area (Å²) in [6.45, 7) is 4.01. The van der Waals surface area contributed by atoms with Crippen molar-refractivity contribution < 1.29 is 13.9 Å². The van der Waals surface area contributed by atoms with E-state index in [1.165, 1.54) is 13.0 Å². The van der Waals surface area contributed by atoms with Crippen LogP contribution in [0.1, 0.15) is 6.92 Å². The monoisotopic (exact) mass is 274 g/mol. The van der Waals surface area contributed by atoms with E-state index < -0.39 is 0 Å². The molecule has 0 aromatic heterocycles. The molecule has 0 aliphatic carbocycles. The fraction of sp³-hybridized carbons (Fsp3) is 0.417. The number of anilines is 2. The van der Waals surface area contributed by atoms with Crippen LogP contribution < -0.4 is 10.2 Å². The lowest BCUT2D eigenvalue weighted by Gasteiger charge is -2.29. The Morgan fingerprint density at radius 1 is 1.39 bits per heavy atom. The number of ether oxygens (including phenoxy) is 1. The van der Waals surface area contributed by atoms with Crippen LogP contribution in [0, 0.1) is 5.82 Å². The molecule has 0 spiro atoms. The minimum Gasteiger partial charge on any atom is -0.378 e. The summed E-state index contributed by atoms with van der Waals surface area (Å²) in [6, 6.07) is 4.73. The number of benzene rings is 1. The quantitative estimate of drug-likeness (QED) is 0.897. The van der Waals surface area contributed by atoms with Gasteiger partial charge in [0.1, 0.15) is 5.82 Å². The van der Waals surface area contributed by atoms with Crippen LogP contribution in [-0.2, 0) is 9.53 Å². The van der Waals surface area contributed by atoms with E-state index in [1.54, 1.807) is 12.1 Å². The van der Waals surface area contributed by atoms with Gasteiger partial charge in [0.2, 0.25) is 5.91 Å². The van der Waals surface area contributed by atoms with Gasteiger partial charge in [0.05, 0.1) is 18.9 Å². The van der Waals surface area contributed by atoms with Crippen molar-refractivity contribution in [3.05, 3.63) is 24.0 Å². The molecule has 18 heavy (non-hydrogen) atoms. The summed E-state index contributed by atoms with van der Waals surface area (Å²) >= 11 is 0. The van der Waals surface area contributed by atoms with Gasteiger partial charge in [-0.1, -0.05) is 0 Å². The first-order valence-electron chi connectivity index (χ1n) is 5.56. The average Bonchev–Trinajstić information content (AvgIpc) is 2.29. The fourth-order valence-corrected chi connectivity index (χ4v) is 1.85. The maximum absolute atomic E-state index is 13.9. The molecule has 0 bridgehead atoms. The van der Waals surface area contributed by atoms with Crippen molar-refractivity contribution in [1.82, 2.24) is 0 Å². The number of hydrogen-bond donors (Lipinski definition) is 1. The number of nitrogens with zero attached hydrogens (tertiary/aromatic N) is 1. The van der Waals surface area contributed by atoms with E-state index in [4.69, 9.17) is 4.74 Å². The maximum atomic E-state index is 13.9. The number of morpholine rings is 1. The largest absolute Gasteiger partial charge is 0.378 e. The average molecular weight is 275 g/mol. The second kappa shape index (κ2) is 6.56. The molecule has 0 atom stereocenters. The molecule has 1 fully saturated rings. The van der Waals surface area contributed by atoms with Crippen LogP contribution in [0.5, 0.6) is 0 Å². The third kappa shape index (κ3) is 3.58. The predicted octanol–water partition coefficient (Wildman–Crippen LogP) is 2.04. The summed E-state index contributed by atoms with van der Waals surface area (Å²) < 4.78 is 19.1. The zero-order chi connectivity index (χ0) is 12.3. The molecule has 1 aliphatic heterocycles. The minimum atomic E-state index is -0.321. The van der Waals surface area contributed by atoms with Gasteiger partial charge in [-0.25, -0.2) is 4.39 Å². The molecule has 0 unspecified atom stereocenters. The molecule has 0 radical (unpaired) electrons. The first kappa shape index (κ1) is 14.7. The summed E-state index contributed by atoms with van der Waals surface area (Å²) in [7, 11) is 0. The molecule has 1 amide bonds. The van der Waals surface area contributed by atoms with Crippen LogP contribution in [0.25, 0.3) is 0 Å². The van der Waals surface area contributed by atoms with Crippen molar-refractivity contribution >= 4 is 29.7 Å². The molecule has 1 aromatic carbocycles. The molecule has 4 nitrogen and oxygen atoms in total. The Morgan fingerprint density at radius 2 is 2.06 bits per heavy atom. The molecule has 2 rings (SSSR count). The summed E-state index contributed by atoms with van der Waals surface area (Å²) in [6.07, 6.45) is 0. The Bertz CT molecular complexity index is 423. The van der Waals surface area contributed by atoms with E-state index in [1.807, 2.05) is 4.90 Å². The van der Waals surface area contributed by atoms with Gasteiger partial charge in [-0.3, -0.25) is 4.79 Å². The molecule has 100 valence electrons. The predicted molar refractivity (Wildman–Crippen MR) is 71.0 cm³/mol. The van der Waals surface area contributed by atoms with Gasteiger partial charge < -0.3 is 15.0 Å². The number of amides is 1. The topological polar surface area (TPSA) is 41.6 Å². The van der Waals surface area contributed by atoms with Gasteiger partial charge >= 0.3 is 0 Å². The molecular weight excluding hydrogens is 259 g/mol. The Hall–Kier alpha value is -1.33. The molecule has 0 saturated carbocycles. The normalized spacial score (nSPS) is 14.9. The molecule has 1 heterocycles. The third-order valence-electron chi connectivity index (χ3n) is 2.62. The van der Waals surface area contributed by atoms with Crippen molar-refractivity contribution in [1.29, 1.82) is 0 Å². The number of nitrogens with one attached hydrogen (secondary N) is 1. The van der Waals surface area contributed by atoms with Crippen molar-refractivity contribution in [3.63, 3.8) is 0 Å². The smallest absolute Gasteiger partial charge is 0.221 e. The zero-order valence-corrected chi connectivity index (χ0v) is 10.9. The van der Waals surface area contributed by atoms with Crippen molar-refractivity contribution in [2.75, 3.05) is 36.5 Å². The van der Waals surface area contributed by atoms with E-state index in [0.717, 1.165) is 0 Å². The van der Waals surface area contributed by atoms with E-state index >= 15 is 0 Å². The van der Waals surface area contributed by atoms with Gasteiger partial charge in [0, 0.05) is 25.7 Å². The zero-order valence-electron chi connectivity index (χ0n) is 10.1. The third-order valence-corrected chi connectivity index (χ3v) is 2.62. The number of carbonyl (C=O) groups excluding carboxylic acids is 1. The molecule has 1 saturated heterocycles. The van der Waals surface area contributed by atoms with Gasteiger partial charge in [-0.15, -0.1) is 12.4 Å². The highest BCUT2D eigenvalue weighted by Crippen LogP contribution is 2.23. The second-order valence-electron chi connectivity index (χ2n) is 3.95. The van der Waals surface area contributed by atoms with Gasteiger partial charge in [0.15, 0.2) is 0 Å². The summed E-state index contributed by atoms with van der Waals surface area (Å²) in [5.41, 5.74) is 1.04. The van der Waals surface area contributed by atoms with E-state index in [9.17, 15) is 9.18 Å². The fourth-order valence-electron chi connectivity index (χ4n) is 1.85. The van der Waals surface area contributed by atoms with Crippen molar-refractivity contribution in [2.45, 2.75) is 6.92 Å². The standard InChI is InChI=1S/C12H15FN2O2.ClH/c1-9(16)14-10-2-3-12(11(13)8-10)15-4-6-17-7-5-15;/h2-3,8H,4-7H2,1H3,(H,14,16);1H. The van der Waals surface area contributed by atoms with E-state index in [-0.39, 0.29) is 24.1 Å². The summed E-state index contributed by atoms with van der Waals surface area (Å²) in [4.78, 5) is 12.8. The lowest BCUT2D eigenvalue weighted by molar-refractivity contribution is -0.114. The van der Waals surface area contributed by atoms with Crippen LogP contribution in [0.3, 0.4) is 0 Å². The lowest BCUT2D eigenvalue weighted by atomic mass is 10.2. The lowest BCUT2D eigenvalue weighted by Crippen LogP contribution is -2.36. The van der Waals surface area contributed by atoms with Gasteiger partial charge in [-0.05, 0) is 18.2 Å². The first-order chi connectivity index (χ1) is 8.16. The van der Waals surface area contributed by atoms with Crippen molar-refractivity contribution in [3.8, 4) is 0 Å². The Kier molecular flexibility index (Phi) is 5.37. The van der Waals surface area contributed by atoms with E-state index in [0.29, 0.717) is 37.7 Å². The SMILES string of the molecule is CC(=O)Nc1ccc(N2CCOCC2)c(F)c1.Cl. The molecule has 6 heteroatoms. The number of hydrogen-bond acceptors (Lipinski definition) is 3. The highest BCUT2D eigenvalue weighted by Gasteiger charge is 2.15. The highest BCUT2D eigenvalue weighted by atomic mass is 35.5. The van der Waals surface area contributed by atoms with Gasteiger partial charge in [-0.2, -0.15) is 0 Å². The minimum absolute atomic E-state index is 0. The highest BCUT2D eigenvalue weighted by molar-refractivity contribution is 5.88. The maximum Gasteiger partial charge on any atom is 0.221 e. The van der Waals surface area contributed by atoms with E-state index in [2.05, 4.69) is 5.32 Å². The Labute approximate surface area is 112 Å². The second-order valence-corrected chi connectivity index (χ2v) is 3.95. The van der Waals surface area contributed by atoms with Crippen LogP contribution in [-0.4, -0.2) is 32.2 Å². The van der Waals surface area contributed by atoms with Crippen LogP contribution in [0.4, 0.5) is 15.8 Å². The first-order valence-corrected chi connectivity index (χ1v) is 5.56. The van der Waals surface area contributed by atoms with Crippen LogP contribution in [0.2, 0.25) is 0 Å². The van der Waals surface area contributed by atoms with Crippen LogP contribution >= 0.6 is 12.4 Å². The number of carbonyl (C=O) groups is 1. The Balaban J connectivity index is 0.00000162. The number of halogens is 2. The molecule has 1 N–H and O–H groups in total. The molecule has 1 aliphatic rings. The molecule has 1 aromatic rings. The van der Waals surface area contributed by atoms with Crippen molar-refractivity contribution in [2.24, 2.45) is 0 Å². The summed E-state index contributed by atoms with van der Waals surface area (Å²) in [5.74, 6) is -0.526. The molecular formula is C12H16ClFN2O2. The van der Waals surface area contributed by atoms with Gasteiger partial charge in [0.25, 0.3) is 0 Å². The summed E-state index contributed by atoms with van der Waals surface area (Å²) in [5, 5.41) is 2.55. The Morgan fingerprint density at radius 3 is 2.61 bits per heavy atom.